The van der Waals surface area contributed by atoms with Crippen molar-refractivity contribution in [2.45, 2.75) is 52.6 Å². The summed E-state index contributed by atoms with van der Waals surface area (Å²) in [6, 6.07) is 0.167. The van der Waals surface area contributed by atoms with E-state index in [1.54, 1.807) is 24.7 Å². The number of hydrogen-bond donors (Lipinski definition) is 3. The van der Waals surface area contributed by atoms with Crippen molar-refractivity contribution in [1.82, 2.24) is 30.8 Å². The molecule has 11 heteroatoms. The standard InChI is InChI=1S/C21H27N7O4/c1-4-28-20-16(11-23-28)19(24-14-5-7-31-8-6-14)17(10-22-20)21(30)26-25-18(29)9-15-12(2)27-32-13(15)3/h10-11,14H,4-9H2,1-3H3,(H,22,24)(H,25,29)(H,26,30). The topological polar surface area (TPSA) is 136 Å². The number of aromatic nitrogens is 4. The number of carbonyl (C=O) groups is 2. The lowest BCUT2D eigenvalue weighted by Gasteiger charge is -2.25. The Morgan fingerprint density at radius 3 is 2.66 bits per heavy atom. The number of aryl methyl sites for hydroxylation is 3. The number of carbonyl (C=O) groups excluding carboxylic acids is 2. The lowest BCUT2D eigenvalue weighted by molar-refractivity contribution is -0.121. The molecule has 3 N–H and O–H groups in total. The molecule has 3 aromatic heterocycles. The predicted molar refractivity (Wildman–Crippen MR) is 116 cm³/mol. The first-order valence-corrected chi connectivity index (χ1v) is 10.7. The van der Waals surface area contributed by atoms with Crippen LogP contribution in [0.15, 0.2) is 16.9 Å². The first-order chi connectivity index (χ1) is 15.5. The summed E-state index contributed by atoms with van der Waals surface area (Å²) in [4.78, 5) is 29.8. The molecule has 4 rings (SSSR count). The summed E-state index contributed by atoms with van der Waals surface area (Å²) in [5, 5.41) is 12.5. The highest BCUT2D eigenvalue weighted by Gasteiger charge is 2.22. The maximum Gasteiger partial charge on any atom is 0.273 e. The molecule has 0 radical (unpaired) electrons. The van der Waals surface area contributed by atoms with Crippen molar-refractivity contribution in [2.24, 2.45) is 0 Å². The zero-order valence-corrected chi connectivity index (χ0v) is 18.4. The van der Waals surface area contributed by atoms with Gasteiger partial charge in [-0.25, -0.2) is 9.67 Å². The number of amides is 2. The summed E-state index contributed by atoms with van der Waals surface area (Å²) >= 11 is 0. The Morgan fingerprint density at radius 2 is 1.97 bits per heavy atom. The molecule has 1 fully saturated rings. The minimum absolute atomic E-state index is 0.0508. The van der Waals surface area contributed by atoms with Crippen LogP contribution in [0.2, 0.25) is 0 Å². The molecule has 1 aliphatic rings. The summed E-state index contributed by atoms with van der Waals surface area (Å²) in [7, 11) is 0. The molecule has 170 valence electrons. The lowest BCUT2D eigenvalue weighted by atomic mass is 10.1. The largest absolute Gasteiger partial charge is 0.381 e. The minimum atomic E-state index is -0.467. The molecule has 0 saturated carbocycles. The second-order valence-electron chi connectivity index (χ2n) is 7.76. The van der Waals surface area contributed by atoms with Gasteiger partial charge in [0.25, 0.3) is 5.91 Å². The predicted octanol–water partition coefficient (Wildman–Crippen LogP) is 1.65. The van der Waals surface area contributed by atoms with Gasteiger partial charge in [0.2, 0.25) is 5.91 Å². The van der Waals surface area contributed by atoms with Crippen molar-refractivity contribution < 1.29 is 18.8 Å². The van der Waals surface area contributed by atoms with E-state index in [1.165, 1.54) is 6.20 Å². The van der Waals surface area contributed by atoms with E-state index in [0.29, 0.717) is 53.7 Å². The quantitative estimate of drug-likeness (QED) is 0.491. The molecule has 11 nitrogen and oxygen atoms in total. The zero-order valence-electron chi connectivity index (χ0n) is 18.4. The van der Waals surface area contributed by atoms with E-state index in [4.69, 9.17) is 9.26 Å². The Labute approximate surface area is 184 Å². The van der Waals surface area contributed by atoms with Crippen molar-refractivity contribution in [3.63, 3.8) is 0 Å². The van der Waals surface area contributed by atoms with Crippen LogP contribution < -0.4 is 16.2 Å². The van der Waals surface area contributed by atoms with Gasteiger partial charge in [-0.3, -0.25) is 20.4 Å². The fourth-order valence-corrected chi connectivity index (χ4v) is 3.78. The summed E-state index contributed by atoms with van der Waals surface area (Å²) in [6.07, 6.45) is 4.94. The van der Waals surface area contributed by atoms with Crippen LogP contribution in [0.25, 0.3) is 11.0 Å². The van der Waals surface area contributed by atoms with Gasteiger partial charge in [0.05, 0.1) is 34.9 Å². The second kappa shape index (κ2) is 9.35. The van der Waals surface area contributed by atoms with Gasteiger partial charge in [-0.2, -0.15) is 5.10 Å². The molecule has 4 heterocycles. The Morgan fingerprint density at radius 1 is 1.19 bits per heavy atom. The number of fused-ring (bicyclic) bond motifs is 1. The third kappa shape index (κ3) is 4.42. The molecule has 0 bridgehead atoms. The number of nitrogens with zero attached hydrogens (tertiary/aromatic N) is 4. The number of pyridine rings is 1. The van der Waals surface area contributed by atoms with Gasteiger partial charge in [-0.15, -0.1) is 0 Å². The van der Waals surface area contributed by atoms with E-state index in [2.05, 4.69) is 31.4 Å². The molecule has 0 aliphatic carbocycles. The zero-order chi connectivity index (χ0) is 22.7. The van der Waals surface area contributed by atoms with Gasteiger partial charge in [-0.05, 0) is 33.6 Å². The number of rotatable bonds is 6. The Kier molecular flexibility index (Phi) is 6.35. The van der Waals surface area contributed by atoms with E-state index in [9.17, 15) is 9.59 Å². The summed E-state index contributed by atoms with van der Waals surface area (Å²) < 4.78 is 12.3. The monoisotopic (exact) mass is 441 g/mol. The molecule has 32 heavy (non-hydrogen) atoms. The molecule has 0 unspecified atom stereocenters. The van der Waals surface area contributed by atoms with E-state index >= 15 is 0 Å². The van der Waals surface area contributed by atoms with Crippen molar-refractivity contribution in [3.8, 4) is 0 Å². The van der Waals surface area contributed by atoms with Gasteiger partial charge in [0.15, 0.2) is 5.65 Å². The van der Waals surface area contributed by atoms with Crippen LogP contribution in [-0.4, -0.2) is 51.0 Å². The molecule has 2 amide bonds. The average molecular weight is 441 g/mol. The Balaban J connectivity index is 1.53. The molecular weight excluding hydrogens is 414 g/mol. The van der Waals surface area contributed by atoms with E-state index in [1.807, 2.05) is 6.92 Å². The van der Waals surface area contributed by atoms with Gasteiger partial charge in [-0.1, -0.05) is 5.16 Å². The van der Waals surface area contributed by atoms with E-state index in [-0.39, 0.29) is 18.4 Å². The second-order valence-corrected chi connectivity index (χ2v) is 7.76. The number of ether oxygens (including phenoxy) is 1. The molecule has 3 aromatic rings. The first-order valence-electron chi connectivity index (χ1n) is 10.7. The average Bonchev–Trinajstić information content (AvgIpc) is 3.36. The van der Waals surface area contributed by atoms with Crippen LogP contribution >= 0.6 is 0 Å². The van der Waals surface area contributed by atoms with Crippen LogP contribution in [0.3, 0.4) is 0 Å². The highest BCUT2D eigenvalue weighted by atomic mass is 16.5. The number of anilines is 1. The molecule has 1 saturated heterocycles. The highest BCUT2D eigenvalue weighted by molar-refractivity contribution is 6.06. The molecule has 0 spiro atoms. The SMILES string of the molecule is CCn1ncc2c(NC3CCOCC3)c(C(=O)NNC(=O)Cc3c(C)noc3C)cnc21. The fourth-order valence-electron chi connectivity index (χ4n) is 3.78. The van der Waals surface area contributed by atoms with Crippen molar-refractivity contribution in [2.75, 3.05) is 18.5 Å². The van der Waals surface area contributed by atoms with Crippen LogP contribution in [0.1, 0.15) is 47.1 Å². The Hall–Kier alpha value is -3.47. The summed E-state index contributed by atoms with van der Waals surface area (Å²) in [5.74, 6) is -0.264. The first kappa shape index (κ1) is 21.8. The van der Waals surface area contributed by atoms with Crippen LogP contribution in [0, 0.1) is 13.8 Å². The van der Waals surface area contributed by atoms with Crippen LogP contribution in [0.4, 0.5) is 5.69 Å². The summed E-state index contributed by atoms with van der Waals surface area (Å²) in [6.45, 7) is 7.49. The van der Waals surface area contributed by atoms with Crippen molar-refractivity contribution >= 4 is 28.5 Å². The lowest BCUT2D eigenvalue weighted by Crippen LogP contribution is -2.43. The maximum absolute atomic E-state index is 13.0. The van der Waals surface area contributed by atoms with Crippen molar-refractivity contribution in [1.29, 1.82) is 0 Å². The normalized spacial score (nSPS) is 14.5. The minimum Gasteiger partial charge on any atom is -0.381 e. The molecular formula is C21H27N7O4. The van der Waals surface area contributed by atoms with Gasteiger partial charge < -0.3 is 14.6 Å². The molecule has 1 aliphatic heterocycles. The summed E-state index contributed by atoms with van der Waals surface area (Å²) in [5.41, 5.74) is 7.98. The van der Waals surface area contributed by atoms with Crippen LogP contribution in [-0.2, 0) is 22.5 Å². The van der Waals surface area contributed by atoms with Gasteiger partial charge in [0, 0.05) is 37.6 Å². The van der Waals surface area contributed by atoms with Crippen LogP contribution in [0.5, 0.6) is 0 Å². The maximum atomic E-state index is 13.0. The molecule has 0 atom stereocenters. The third-order valence-electron chi connectivity index (χ3n) is 5.61. The van der Waals surface area contributed by atoms with E-state index < -0.39 is 5.91 Å². The number of nitrogens with one attached hydrogen (secondary N) is 3. The number of hydrazine groups is 1. The smallest absolute Gasteiger partial charge is 0.273 e. The van der Waals surface area contributed by atoms with Gasteiger partial charge in [0.1, 0.15) is 5.76 Å². The fraction of sp³-hybridized carbons (Fsp3) is 0.476. The third-order valence-corrected chi connectivity index (χ3v) is 5.61. The van der Waals surface area contributed by atoms with E-state index in [0.717, 1.165) is 18.2 Å². The highest BCUT2D eigenvalue weighted by Crippen LogP contribution is 2.28. The van der Waals surface area contributed by atoms with Crippen molar-refractivity contribution in [3.05, 3.63) is 35.0 Å². The molecule has 0 aromatic carbocycles. The number of hydrogen-bond acceptors (Lipinski definition) is 8. The Bertz CT molecular complexity index is 1110. The van der Waals surface area contributed by atoms with Gasteiger partial charge >= 0.3 is 0 Å².